The minimum atomic E-state index is -4.67. The maximum atomic E-state index is 14.0. The Bertz CT molecular complexity index is 2160. The number of rotatable bonds is 8. The second kappa shape index (κ2) is 13.7. The Balaban J connectivity index is 1.57. The molecular weight excluding hydrogens is 664 g/mol. The molecule has 4 aromatic rings. The first-order valence-corrected chi connectivity index (χ1v) is 16.2. The number of carbonyl (C=O) groups is 1. The van der Waals surface area contributed by atoms with E-state index in [2.05, 4.69) is 9.98 Å². The second-order valence-corrected chi connectivity index (χ2v) is 13.0. The van der Waals surface area contributed by atoms with Crippen molar-refractivity contribution in [1.29, 1.82) is 5.26 Å². The number of ether oxygens (including phenoxy) is 2. The van der Waals surface area contributed by atoms with Gasteiger partial charge in [0.25, 0.3) is 5.56 Å². The first-order valence-electron chi connectivity index (χ1n) is 14.4. The first-order chi connectivity index (χ1) is 22.8. The van der Waals surface area contributed by atoms with Gasteiger partial charge in [-0.2, -0.15) is 18.4 Å². The third-order valence-electron chi connectivity index (χ3n) is 7.70. The first kappa shape index (κ1) is 34.5. The number of methoxy groups -OCH3 is 2. The fourth-order valence-electron chi connectivity index (χ4n) is 5.29. The van der Waals surface area contributed by atoms with Crippen molar-refractivity contribution in [3.05, 3.63) is 113 Å². The van der Waals surface area contributed by atoms with Gasteiger partial charge in [0.1, 0.15) is 22.5 Å². The van der Waals surface area contributed by atoms with Gasteiger partial charge in [0.2, 0.25) is 0 Å². The van der Waals surface area contributed by atoms with Crippen LogP contribution in [0.5, 0.6) is 5.75 Å². The molecular formula is C34H30F3N5O4S2. The number of aromatic nitrogens is 2. The number of nitriles is 1. The Morgan fingerprint density at radius 3 is 2.46 bits per heavy atom. The number of carbonyl (C=O) groups excluding carboxylic acids is 1. The van der Waals surface area contributed by atoms with Crippen LogP contribution in [0.2, 0.25) is 0 Å². The van der Waals surface area contributed by atoms with Crippen LogP contribution in [-0.4, -0.2) is 43.8 Å². The molecule has 0 saturated heterocycles. The van der Waals surface area contributed by atoms with E-state index in [1.165, 1.54) is 37.0 Å². The topological polar surface area (TPSA) is 110 Å². The highest BCUT2D eigenvalue weighted by Gasteiger charge is 2.35. The van der Waals surface area contributed by atoms with Crippen LogP contribution >= 0.6 is 23.1 Å². The lowest BCUT2D eigenvalue weighted by atomic mass is 9.95. The largest absolute Gasteiger partial charge is 0.496 e. The fourth-order valence-corrected chi connectivity index (χ4v) is 7.37. The molecule has 0 radical (unpaired) electrons. The highest BCUT2D eigenvalue weighted by molar-refractivity contribution is 7.98. The van der Waals surface area contributed by atoms with Crippen molar-refractivity contribution in [3.8, 4) is 11.8 Å². The molecule has 1 atom stereocenters. The van der Waals surface area contributed by atoms with E-state index in [0.717, 1.165) is 23.5 Å². The van der Waals surface area contributed by atoms with E-state index in [0.29, 0.717) is 37.5 Å². The number of esters is 1. The summed E-state index contributed by atoms with van der Waals surface area (Å²) in [7, 11) is 6.59. The van der Waals surface area contributed by atoms with Crippen LogP contribution < -0.4 is 24.5 Å². The van der Waals surface area contributed by atoms with Gasteiger partial charge in [-0.1, -0.05) is 29.5 Å². The summed E-state index contributed by atoms with van der Waals surface area (Å²) in [4.78, 5) is 37.7. The number of thioether (sulfide) groups is 1. The Labute approximate surface area is 282 Å². The van der Waals surface area contributed by atoms with Gasteiger partial charge in [-0.25, -0.2) is 14.8 Å². The summed E-state index contributed by atoms with van der Waals surface area (Å²) in [5.74, 6) is 0.0245. The molecule has 0 fully saturated rings. The number of benzene rings is 2. The van der Waals surface area contributed by atoms with E-state index in [4.69, 9.17) is 9.47 Å². The molecule has 48 heavy (non-hydrogen) atoms. The summed E-state index contributed by atoms with van der Waals surface area (Å²) in [6.45, 7) is 3.14. The van der Waals surface area contributed by atoms with Crippen LogP contribution in [0.15, 0.2) is 74.6 Å². The zero-order valence-electron chi connectivity index (χ0n) is 26.8. The minimum Gasteiger partial charge on any atom is -0.496 e. The Hall–Kier alpha value is -4.87. The van der Waals surface area contributed by atoms with E-state index in [1.54, 1.807) is 31.2 Å². The molecule has 0 amide bonds. The summed E-state index contributed by atoms with van der Waals surface area (Å²) < 4.78 is 52.9. The second-order valence-electron chi connectivity index (χ2n) is 11.0. The summed E-state index contributed by atoms with van der Waals surface area (Å²) in [5, 5.41) is 9.57. The number of hydrogen-bond donors (Lipinski definition) is 0. The number of aryl methyl sites for hydroxylation is 1. The molecule has 5 rings (SSSR count). The van der Waals surface area contributed by atoms with E-state index in [-0.39, 0.29) is 33.0 Å². The van der Waals surface area contributed by atoms with Crippen LogP contribution in [0.1, 0.15) is 46.5 Å². The Morgan fingerprint density at radius 2 is 1.85 bits per heavy atom. The van der Waals surface area contributed by atoms with Gasteiger partial charge in [-0.15, -0.1) is 11.8 Å². The van der Waals surface area contributed by atoms with Crippen molar-refractivity contribution in [2.24, 2.45) is 4.99 Å². The lowest BCUT2D eigenvalue weighted by Crippen LogP contribution is -2.39. The maximum absolute atomic E-state index is 14.0. The lowest BCUT2D eigenvalue weighted by molar-refractivity contribution is -0.141. The molecule has 1 aliphatic rings. The molecule has 0 saturated carbocycles. The van der Waals surface area contributed by atoms with Gasteiger partial charge in [-0.05, 0) is 66.9 Å². The average Bonchev–Trinajstić information content (AvgIpc) is 3.35. The highest BCUT2D eigenvalue weighted by atomic mass is 32.2. The summed E-state index contributed by atoms with van der Waals surface area (Å²) >= 11 is 2.16. The van der Waals surface area contributed by atoms with Gasteiger partial charge in [0, 0.05) is 31.1 Å². The molecule has 1 aliphatic heterocycles. The number of anilines is 1. The van der Waals surface area contributed by atoms with Gasteiger partial charge in [0.15, 0.2) is 4.80 Å². The molecule has 0 spiro atoms. The lowest BCUT2D eigenvalue weighted by Gasteiger charge is -2.25. The van der Waals surface area contributed by atoms with Crippen molar-refractivity contribution in [3.63, 3.8) is 0 Å². The van der Waals surface area contributed by atoms with Gasteiger partial charge >= 0.3 is 12.1 Å². The van der Waals surface area contributed by atoms with Crippen LogP contribution in [-0.2, 0) is 21.5 Å². The van der Waals surface area contributed by atoms with Crippen LogP contribution in [0.4, 0.5) is 18.9 Å². The molecule has 0 N–H and O–H groups in total. The Kier molecular flexibility index (Phi) is 9.84. The molecule has 248 valence electrons. The molecule has 0 unspecified atom stereocenters. The van der Waals surface area contributed by atoms with E-state index in [9.17, 15) is 28.0 Å². The standard InChI is InChI=1S/C34H30F3N5O4S2/c1-18-13-27(34(35,36)37)40-30(24(18)16-38)47-17-22-14-20(7-12-25(22)45-5)15-26-31(43)42-29(21-8-10-23(11-9-21)41(3)4)28(32(44)46-6)19(2)39-33(42)48-26/h7-15,29H,17H2,1-6H3/t29-/m0/s1. The third kappa shape index (κ3) is 6.74. The maximum Gasteiger partial charge on any atom is 0.433 e. The van der Waals surface area contributed by atoms with Crippen molar-refractivity contribution < 1.29 is 27.4 Å². The molecule has 3 heterocycles. The van der Waals surface area contributed by atoms with Crippen molar-refractivity contribution in [1.82, 2.24) is 9.55 Å². The molecule has 2 aromatic carbocycles. The number of allylic oxidation sites excluding steroid dienone is 1. The number of halogens is 3. The molecule has 14 heteroatoms. The zero-order chi connectivity index (χ0) is 34.9. The molecule has 0 bridgehead atoms. The fraction of sp³-hybridized carbons (Fsp3) is 0.265. The van der Waals surface area contributed by atoms with Gasteiger partial charge in [0.05, 0.1) is 41.6 Å². The Morgan fingerprint density at radius 1 is 1.15 bits per heavy atom. The monoisotopic (exact) mass is 693 g/mol. The number of nitrogens with zero attached hydrogens (tertiary/aromatic N) is 5. The van der Waals surface area contributed by atoms with Crippen molar-refractivity contribution >= 4 is 40.8 Å². The number of pyridine rings is 1. The van der Waals surface area contributed by atoms with Crippen molar-refractivity contribution in [2.45, 2.75) is 36.8 Å². The van der Waals surface area contributed by atoms with Crippen LogP contribution in [0.3, 0.4) is 0 Å². The summed E-state index contributed by atoms with van der Waals surface area (Å²) in [6.07, 6.45) is -2.98. The van der Waals surface area contributed by atoms with Crippen molar-refractivity contribution in [2.75, 3.05) is 33.2 Å². The quantitative estimate of drug-likeness (QED) is 0.179. The highest BCUT2D eigenvalue weighted by Crippen LogP contribution is 2.35. The summed E-state index contributed by atoms with van der Waals surface area (Å²) in [6, 6.07) is 14.8. The number of thiazole rings is 1. The van der Waals surface area contributed by atoms with Gasteiger partial charge < -0.3 is 14.4 Å². The van der Waals surface area contributed by atoms with Crippen LogP contribution in [0.25, 0.3) is 6.08 Å². The molecule has 0 aliphatic carbocycles. The molecule has 9 nitrogen and oxygen atoms in total. The smallest absolute Gasteiger partial charge is 0.433 e. The third-order valence-corrected chi connectivity index (χ3v) is 9.71. The van der Waals surface area contributed by atoms with E-state index >= 15 is 0 Å². The SMILES string of the molecule is COC(=O)C1=C(C)N=c2sc(=Cc3ccc(OC)c(CSc4nc(C(F)(F)F)cc(C)c4C#N)c3)c(=O)n2[C@H]1c1ccc(N(C)C)cc1. The normalized spacial score (nSPS) is 14.7. The number of alkyl halides is 3. The predicted molar refractivity (Wildman–Crippen MR) is 178 cm³/mol. The van der Waals surface area contributed by atoms with Crippen LogP contribution in [0, 0.1) is 18.3 Å². The summed E-state index contributed by atoms with van der Waals surface area (Å²) in [5.41, 5.74) is 2.41. The minimum absolute atomic E-state index is 0.0408. The number of fused-ring (bicyclic) bond motifs is 1. The zero-order valence-corrected chi connectivity index (χ0v) is 28.4. The van der Waals surface area contributed by atoms with E-state index < -0.39 is 23.9 Å². The predicted octanol–water partition coefficient (Wildman–Crippen LogP) is 5.37. The number of hydrogen-bond acceptors (Lipinski definition) is 10. The van der Waals surface area contributed by atoms with E-state index in [1.807, 2.05) is 49.3 Å². The molecule has 2 aromatic heterocycles. The average molecular weight is 694 g/mol. The van der Waals surface area contributed by atoms with Gasteiger partial charge in [-0.3, -0.25) is 9.36 Å².